The normalized spacial score (nSPS) is 11.6. The van der Waals surface area contributed by atoms with Gasteiger partial charge in [-0.1, -0.05) is 19.1 Å². The zero-order valence-corrected chi connectivity index (χ0v) is 7.12. The van der Waals surface area contributed by atoms with Crippen LogP contribution in [0, 0.1) is 0 Å². The molecule has 0 aliphatic heterocycles. The van der Waals surface area contributed by atoms with E-state index in [1.807, 2.05) is 31.2 Å². The van der Waals surface area contributed by atoms with Crippen molar-refractivity contribution in [3.63, 3.8) is 0 Å². The quantitative estimate of drug-likeness (QED) is 0.299. The smallest absolute Gasteiger partial charge is 0.0670 e. The Morgan fingerprint density at radius 2 is 2.25 bits per heavy atom. The molecule has 0 saturated heterocycles. The molecule has 0 aromatic heterocycles. The van der Waals surface area contributed by atoms with Crippen molar-refractivity contribution in [2.45, 2.75) is 13.3 Å². The molecule has 0 radical (unpaired) electrons. The Balaban J connectivity index is 3.02. The van der Waals surface area contributed by atoms with Crippen LogP contribution >= 0.6 is 0 Å². The molecule has 3 heteroatoms. The molecular weight excluding hydrogens is 150 g/mol. The number of nitrogens with two attached hydrogens (primary N) is 2. The maximum Gasteiger partial charge on any atom is 0.0670 e. The summed E-state index contributed by atoms with van der Waals surface area (Å²) in [6.45, 7) is 2.01. The zero-order valence-electron chi connectivity index (χ0n) is 7.12. The maximum absolute atomic E-state index is 5.61. The van der Waals surface area contributed by atoms with Crippen molar-refractivity contribution >= 4 is 11.4 Å². The van der Waals surface area contributed by atoms with Crippen LogP contribution in [0.1, 0.15) is 18.9 Å². The first-order valence-electron chi connectivity index (χ1n) is 3.90. The molecule has 64 valence electrons. The van der Waals surface area contributed by atoms with Gasteiger partial charge >= 0.3 is 0 Å². The summed E-state index contributed by atoms with van der Waals surface area (Å²) < 4.78 is 0. The number of anilines is 1. The van der Waals surface area contributed by atoms with Gasteiger partial charge in [0.05, 0.1) is 5.71 Å². The lowest BCUT2D eigenvalue weighted by Crippen LogP contribution is -2.02. The monoisotopic (exact) mass is 163 g/mol. The fourth-order valence-corrected chi connectivity index (χ4v) is 1.09. The molecular formula is C9H13N3. The minimum Gasteiger partial charge on any atom is -0.399 e. The Hall–Kier alpha value is -1.51. The van der Waals surface area contributed by atoms with Gasteiger partial charge in [0.1, 0.15) is 0 Å². The third-order valence-corrected chi connectivity index (χ3v) is 1.71. The highest BCUT2D eigenvalue weighted by atomic mass is 15.1. The first-order chi connectivity index (χ1) is 5.77. The Morgan fingerprint density at radius 3 is 2.75 bits per heavy atom. The number of nitrogen functional groups attached to an aromatic ring is 1. The topological polar surface area (TPSA) is 64.4 Å². The second-order valence-corrected chi connectivity index (χ2v) is 2.55. The lowest BCUT2D eigenvalue weighted by molar-refractivity contribution is 1.17. The Bertz CT molecular complexity index is 292. The van der Waals surface area contributed by atoms with E-state index < -0.39 is 0 Å². The molecule has 1 aromatic rings. The van der Waals surface area contributed by atoms with Gasteiger partial charge in [-0.2, -0.15) is 5.10 Å². The van der Waals surface area contributed by atoms with Crippen LogP contribution in [-0.4, -0.2) is 5.71 Å². The third-order valence-electron chi connectivity index (χ3n) is 1.71. The van der Waals surface area contributed by atoms with Gasteiger partial charge in [0.15, 0.2) is 0 Å². The fourth-order valence-electron chi connectivity index (χ4n) is 1.09. The summed E-state index contributed by atoms with van der Waals surface area (Å²) >= 11 is 0. The van der Waals surface area contributed by atoms with Crippen LogP contribution in [0.5, 0.6) is 0 Å². The second-order valence-electron chi connectivity index (χ2n) is 2.55. The molecule has 0 spiro atoms. The van der Waals surface area contributed by atoms with Crippen molar-refractivity contribution in [2.75, 3.05) is 5.73 Å². The lowest BCUT2D eigenvalue weighted by Gasteiger charge is -2.02. The van der Waals surface area contributed by atoms with Gasteiger partial charge in [-0.15, -0.1) is 0 Å². The van der Waals surface area contributed by atoms with Crippen molar-refractivity contribution < 1.29 is 0 Å². The van der Waals surface area contributed by atoms with Crippen LogP contribution in [0.4, 0.5) is 5.69 Å². The van der Waals surface area contributed by atoms with Crippen molar-refractivity contribution in [1.29, 1.82) is 0 Å². The summed E-state index contributed by atoms with van der Waals surface area (Å²) in [6, 6.07) is 7.56. The number of benzene rings is 1. The molecule has 0 unspecified atom stereocenters. The van der Waals surface area contributed by atoms with Crippen LogP contribution < -0.4 is 11.6 Å². The Morgan fingerprint density at radius 1 is 1.50 bits per heavy atom. The largest absolute Gasteiger partial charge is 0.399 e. The van der Waals surface area contributed by atoms with Gasteiger partial charge < -0.3 is 11.6 Å². The first-order valence-corrected chi connectivity index (χ1v) is 3.90. The molecule has 1 rings (SSSR count). The van der Waals surface area contributed by atoms with Crippen LogP contribution in [0.3, 0.4) is 0 Å². The highest BCUT2D eigenvalue weighted by Gasteiger charge is 1.99. The lowest BCUT2D eigenvalue weighted by atomic mass is 10.1. The van der Waals surface area contributed by atoms with Crippen molar-refractivity contribution in [3.05, 3.63) is 29.8 Å². The molecule has 0 bridgehead atoms. The summed E-state index contributed by atoms with van der Waals surface area (Å²) in [5, 5.41) is 3.68. The van der Waals surface area contributed by atoms with Gasteiger partial charge in [-0.3, -0.25) is 0 Å². The molecule has 4 N–H and O–H groups in total. The van der Waals surface area contributed by atoms with Crippen LogP contribution in [0.15, 0.2) is 29.4 Å². The second kappa shape index (κ2) is 3.76. The maximum atomic E-state index is 5.61. The predicted octanol–water partition coefficient (Wildman–Crippen LogP) is 1.34. The zero-order chi connectivity index (χ0) is 8.97. The van der Waals surface area contributed by atoms with E-state index in [0.29, 0.717) is 0 Å². The Labute approximate surface area is 72.1 Å². The van der Waals surface area contributed by atoms with E-state index in [2.05, 4.69) is 5.10 Å². The summed E-state index contributed by atoms with van der Waals surface area (Å²) in [7, 11) is 0. The molecule has 12 heavy (non-hydrogen) atoms. The highest BCUT2D eigenvalue weighted by Crippen LogP contribution is 2.08. The average Bonchev–Trinajstić information content (AvgIpc) is 2.07. The molecule has 0 fully saturated rings. The molecule has 0 aliphatic rings. The minimum absolute atomic E-state index is 0.738. The minimum atomic E-state index is 0.738. The first kappa shape index (κ1) is 8.59. The Kier molecular flexibility index (Phi) is 2.69. The van der Waals surface area contributed by atoms with E-state index in [0.717, 1.165) is 23.4 Å². The molecule has 1 aromatic carbocycles. The van der Waals surface area contributed by atoms with Gasteiger partial charge in [-0.05, 0) is 24.1 Å². The van der Waals surface area contributed by atoms with E-state index in [1.54, 1.807) is 0 Å². The number of hydrogen-bond donors (Lipinski definition) is 2. The van der Waals surface area contributed by atoms with Gasteiger partial charge in [0, 0.05) is 5.69 Å². The number of nitrogens with zero attached hydrogens (tertiary/aromatic N) is 1. The standard InChI is InChI=1S/C9H13N3/c1-2-9(12-11)7-4-3-5-8(10)6-7/h3-6H,2,10-11H2,1H3/b12-9-. The highest BCUT2D eigenvalue weighted by molar-refractivity contribution is 6.00. The molecule has 0 saturated carbocycles. The summed E-state index contributed by atoms with van der Waals surface area (Å²) in [5.41, 5.74) is 8.23. The van der Waals surface area contributed by atoms with Crippen LogP contribution in [0.2, 0.25) is 0 Å². The van der Waals surface area contributed by atoms with E-state index in [-0.39, 0.29) is 0 Å². The van der Waals surface area contributed by atoms with Crippen molar-refractivity contribution in [3.8, 4) is 0 Å². The average molecular weight is 163 g/mol. The van der Waals surface area contributed by atoms with Gasteiger partial charge in [0.2, 0.25) is 0 Å². The number of hydrogen-bond acceptors (Lipinski definition) is 3. The van der Waals surface area contributed by atoms with E-state index in [4.69, 9.17) is 11.6 Å². The summed E-state index contributed by atoms with van der Waals surface area (Å²) in [5.74, 6) is 5.21. The van der Waals surface area contributed by atoms with Gasteiger partial charge in [-0.25, -0.2) is 0 Å². The third kappa shape index (κ3) is 1.75. The van der Waals surface area contributed by atoms with Gasteiger partial charge in [0.25, 0.3) is 0 Å². The summed E-state index contributed by atoms with van der Waals surface area (Å²) in [4.78, 5) is 0. The van der Waals surface area contributed by atoms with Crippen molar-refractivity contribution in [2.24, 2.45) is 10.9 Å². The predicted molar refractivity (Wildman–Crippen MR) is 51.9 cm³/mol. The van der Waals surface area contributed by atoms with E-state index in [1.165, 1.54) is 0 Å². The fraction of sp³-hybridized carbons (Fsp3) is 0.222. The molecule has 0 atom stereocenters. The van der Waals surface area contributed by atoms with E-state index >= 15 is 0 Å². The summed E-state index contributed by atoms with van der Waals surface area (Å²) in [6.07, 6.45) is 0.819. The van der Waals surface area contributed by atoms with E-state index in [9.17, 15) is 0 Å². The molecule has 0 amide bonds. The molecule has 3 nitrogen and oxygen atoms in total. The number of hydrazone groups is 1. The number of rotatable bonds is 2. The molecule has 0 aliphatic carbocycles. The van der Waals surface area contributed by atoms with Crippen molar-refractivity contribution in [1.82, 2.24) is 0 Å². The molecule has 0 heterocycles. The van der Waals surface area contributed by atoms with Crippen LogP contribution in [0.25, 0.3) is 0 Å². The van der Waals surface area contributed by atoms with Crippen LogP contribution in [-0.2, 0) is 0 Å². The SMILES string of the molecule is CC/C(=N/N)c1cccc(N)c1.